The summed E-state index contributed by atoms with van der Waals surface area (Å²) in [5.41, 5.74) is 1.41. The van der Waals surface area contributed by atoms with Crippen molar-refractivity contribution in [2.75, 3.05) is 33.1 Å². The molecule has 0 radical (unpaired) electrons. The smallest absolute Gasteiger partial charge is 0.306 e. The van der Waals surface area contributed by atoms with Gasteiger partial charge in [0.2, 0.25) is 6.41 Å². The Labute approximate surface area is 243 Å². The fourth-order valence-corrected chi connectivity index (χ4v) is 6.58. The van der Waals surface area contributed by atoms with Crippen LogP contribution in [0.3, 0.4) is 0 Å². The van der Waals surface area contributed by atoms with E-state index in [9.17, 15) is 19.2 Å². The van der Waals surface area contributed by atoms with Crippen LogP contribution in [0, 0.1) is 0 Å². The maximum Gasteiger partial charge on any atom is 0.306 e. The Hall–Kier alpha value is -2.86. The van der Waals surface area contributed by atoms with Gasteiger partial charge in [0.05, 0.1) is 30.2 Å². The molecule has 1 aliphatic heterocycles. The number of ether oxygens (including phenoxy) is 2. The number of fused-ring (bicyclic) bond motifs is 1. The fraction of sp³-hybridized carbons (Fsp3) is 0.571. The van der Waals surface area contributed by atoms with Crippen LogP contribution in [0.15, 0.2) is 38.8 Å². The molecular weight excluding hydrogens is 552 g/mol. The van der Waals surface area contributed by atoms with E-state index in [4.69, 9.17) is 9.47 Å². The van der Waals surface area contributed by atoms with Crippen LogP contribution in [0.4, 0.5) is 0 Å². The molecule has 0 spiro atoms. The summed E-state index contributed by atoms with van der Waals surface area (Å²) in [5.74, 6) is -0.0211. The van der Waals surface area contributed by atoms with Crippen LogP contribution in [-0.2, 0) is 23.9 Å². The van der Waals surface area contributed by atoms with E-state index in [1.54, 1.807) is 45.7 Å². The number of carbonyl (C=O) groups is 4. The molecule has 0 aromatic heterocycles. The van der Waals surface area contributed by atoms with Crippen LogP contribution < -0.4 is 10.7 Å². The lowest BCUT2D eigenvalue weighted by atomic mass is 9.91. The topological polar surface area (TPSA) is 118 Å². The lowest BCUT2D eigenvalue weighted by molar-refractivity contribution is -0.155. The van der Waals surface area contributed by atoms with E-state index in [2.05, 4.69) is 9.98 Å². The average molecular weight is 591 g/mol. The van der Waals surface area contributed by atoms with E-state index in [0.717, 1.165) is 46.3 Å². The number of benzene rings is 1. The van der Waals surface area contributed by atoms with Gasteiger partial charge in [-0.1, -0.05) is 28.5 Å². The van der Waals surface area contributed by atoms with E-state index in [1.807, 2.05) is 27.0 Å². The van der Waals surface area contributed by atoms with Gasteiger partial charge in [0.1, 0.15) is 12.8 Å². The predicted octanol–water partition coefficient (Wildman–Crippen LogP) is 3.26. The molecule has 10 nitrogen and oxygen atoms in total. The SMILES string of the molecule is CCSS/C(CCOC(=O)CCC(=O)OC1CCC(N(C)C(=O)c2ccc3c(c2)=NCN=3)CC1)=C(/C)N(C)C=O. The molecule has 0 bridgehead atoms. The second kappa shape index (κ2) is 15.8. The van der Waals surface area contributed by atoms with E-state index in [-0.39, 0.29) is 37.5 Å². The molecule has 0 saturated heterocycles. The molecule has 1 aromatic rings. The van der Waals surface area contributed by atoms with Gasteiger partial charge in [0, 0.05) is 48.5 Å². The van der Waals surface area contributed by atoms with Gasteiger partial charge in [0.15, 0.2) is 0 Å². The number of hydrogen-bond acceptors (Lipinski definition) is 10. The first-order chi connectivity index (χ1) is 19.2. The Morgan fingerprint density at radius 2 is 1.73 bits per heavy atom. The highest BCUT2D eigenvalue weighted by atomic mass is 33.1. The van der Waals surface area contributed by atoms with Crippen LogP contribution in [0.2, 0.25) is 0 Å². The molecule has 3 rings (SSSR count). The van der Waals surface area contributed by atoms with Crippen LogP contribution in [-0.4, -0.2) is 79.3 Å². The molecule has 2 aliphatic rings. The Morgan fingerprint density at radius 1 is 1.02 bits per heavy atom. The van der Waals surface area contributed by atoms with Crippen molar-refractivity contribution in [2.45, 2.75) is 70.9 Å². The highest BCUT2D eigenvalue weighted by Gasteiger charge is 2.29. The van der Waals surface area contributed by atoms with Gasteiger partial charge in [0.25, 0.3) is 5.91 Å². The maximum atomic E-state index is 13.0. The van der Waals surface area contributed by atoms with Gasteiger partial charge in [-0.15, -0.1) is 0 Å². The van der Waals surface area contributed by atoms with Crippen molar-refractivity contribution in [3.63, 3.8) is 0 Å². The molecule has 2 amide bonds. The fourth-order valence-electron chi connectivity index (χ4n) is 4.49. The zero-order valence-electron chi connectivity index (χ0n) is 23.6. The third-order valence-corrected chi connectivity index (χ3v) is 9.73. The van der Waals surface area contributed by atoms with Gasteiger partial charge < -0.3 is 19.3 Å². The maximum absolute atomic E-state index is 13.0. The number of carbonyl (C=O) groups excluding carboxylic acids is 4. The summed E-state index contributed by atoms with van der Waals surface area (Å²) in [6.45, 7) is 4.48. The third-order valence-electron chi connectivity index (χ3n) is 7.01. The first-order valence-electron chi connectivity index (χ1n) is 13.5. The van der Waals surface area contributed by atoms with Crippen molar-refractivity contribution in [3.8, 4) is 0 Å². The Bertz CT molecular complexity index is 1230. The lowest BCUT2D eigenvalue weighted by Crippen LogP contribution is -2.41. The Morgan fingerprint density at radius 3 is 2.42 bits per heavy atom. The van der Waals surface area contributed by atoms with Crippen molar-refractivity contribution < 1.29 is 28.7 Å². The van der Waals surface area contributed by atoms with Gasteiger partial charge in [-0.25, -0.2) is 0 Å². The van der Waals surface area contributed by atoms with Gasteiger partial charge >= 0.3 is 11.9 Å². The van der Waals surface area contributed by atoms with E-state index >= 15 is 0 Å². The average Bonchev–Trinajstić information content (AvgIpc) is 3.44. The van der Waals surface area contributed by atoms with Crippen LogP contribution in [0.25, 0.3) is 0 Å². The van der Waals surface area contributed by atoms with Gasteiger partial charge in [-0.2, -0.15) is 0 Å². The van der Waals surface area contributed by atoms with Crippen molar-refractivity contribution in [2.24, 2.45) is 9.98 Å². The molecule has 40 heavy (non-hydrogen) atoms. The minimum atomic E-state index is -0.456. The first-order valence-corrected chi connectivity index (χ1v) is 15.8. The van der Waals surface area contributed by atoms with E-state index in [0.29, 0.717) is 31.5 Å². The molecule has 0 unspecified atom stereocenters. The highest BCUT2D eigenvalue weighted by Crippen LogP contribution is 2.34. The largest absolute Gasteiger partial charge is 0.465 e. The Kier molecular flexibility index (Phi) is 12.5. The molecule has 1 heterocycles. The standard InChI is InChI=1S/C28H38N4O6S2/c1-5-39-40-25(19(2)31(3)18-33)14-15-37-26(34)12-13-27(35)38-22-9-7-21(8-10-22)32(4)28(36)20-6-11-23-24(16-20)30-17-29-23/h6,11,16,18,21-22H,5,7-10,12-15,17H2,1-4H3/b25-19-. The van der Waals surface area contributed by atoms with Gasteiger partial charge in [-0.05, 0) is 50.8 Å². The van der Waals surface area contributed by atoms with Crippen LogP contribution in [0.5, 0.6) is 0 Å². The summed E-state index contributed by atoms with van der Waals surface area (Å²) < 4.78 is 10.9. The molecule has 0 atom stereocenters. The number of rotatable bonds is 14. The predicted molar refractivity (Wildman–Crippen MR) is 155 cm³/mol. The monoisotopic (exact) mass is 590 g/mol. The van der Waals surface area contributed by atoms with Crippen molar-refractivity contribution in [1.82, 2.24) is 9.80 Å². The number of allylic oxidation sites excluding steroid dienone is 1. The summed E-state index contributed by atoms with van der Waals surface area (Å²) >= 11 is 0. The highest BCUT2D eigenvalue weighted by molar-refractivity contribution is 8.78. The lowest BCUT2D eigenvalue weighted by Gasteiger charge is -2.34. The normalized spacial score (nSPS) is 18.4. The summed E-state index contributed by atoms with van der Waals surface area (Å²) in [4.78, 5) is 61.4. The summed E-state index contributed by atoms with van der Waals surface area (Å²) in [6.07, 6.45) is 3.72. The Balaban J connectivity index is 1.36. The summed E-state index contributed by atoms with van der Waals surface area (Å²) in [5, 5.41) is 1.57. The van der Waals surface area contributed by atoms with E-state index < -0.39 is 11.9 Å². The number of nitrogens with zero attached hydrogens (tertiary/aromatic N) is 4. The van der Waals surface area contributed by atoms with Crippen LogP contribution in [0.1, 0.15) is 69.2 Å². The number of esters is 2. The van der Waals surface area contributed by atoms with Crippen molar-refractivity contribution >= 4 is 45.8 Å². The molecular formula is C28H38N4O6S2. The molecule has 1 aromatic carbocycles. The second-order valence-corrected chi connectivity index (χ2v) is 12.4. The number of amides is 2. The minimum Gasteiger partial charge on any atom is -0.465 e. The van der Waals surface area contributed by atoms with E-state index in [1.165, 1.54) is 4.90 Å². The molecule has 218 valence electrons. The summed E-state index contributed by atoms with van der Waals surface area (Å²) in [6, 6.07) is 5.47. The van der Waals surface area contributed by atoms with Crippen molar-refractivity contribution in [3.05, 3.63) is 45.1 Å². The molecule has 12 heteroatoms. The third kappa shape index (κ3) is 9.09. The van der Waals surface area contributed by atoms with Crippen molar-refractivity contribution in [1.29, 1.82) is 0 Å². The minimum absolute atomic E-state index is 0.0388. The molecule has 1 fully saturated rings. The second-order valence-electron chi connectivity index (χ2n) is 9.68. The molecule has 1 aliphatic carbocycles. The molecule has 1 saturated carbocycles. The van der Waals surface area contributed by atoms with Gasteiger partial charge in [-0.3, -0.25) is 29.2 Å². The first kappa shape index (κ1) is 31.7. The summed E-state index contributed by atoms with van der Waals surface area (Å²) in [7, 11) is 6.72. The van der Waals surface area contributed by atoms with Crippen LogP contribution >= 0.6 is 21.6 Å². The zero-order chi connectivity index (χ0) is 29.1. The molecule has 0 N–H and O–H groups in total. The zero-order valence-corrected chi connectivity index (χ0v) is 25.2. The number of hydrogen-bond donors (Lipinski definition) is 0. The quantitative estimate of drug-likeness (QED) is 0.184.